The standard InChI is InChI=1S/C18H19ClN2O5S/c1-2-21(11-13-6-4-3-5-7-13)17(22)12-26-18(23)15-10-14(27(20,24)25)8-9-16(15)19/h3-10H,2,11-12H2,1H3,(H2,20,24,25). The van der Waals surface area contributed by atoms with Crippen LogP contribution < -0.4 is 5.14 Å². The van der Waals surface area contributed by atoms with Gasteiger partial charge in [0.15, 0.2) is 6.61 Å². The van der Waals surface area contributed by atoms with Crippen molar-refractivity contribution in [3.63, 3.8) is 0 Å². The lowest BCUT2D eigenvalue weighted by molar-refractivity contribution is -0.134. The SMILES string of the molecule is CCN(Cc1ccccc1)C(=O)COC(=O)c1cc(S(N)(=O)=O)ccc1Cl. The highest BCUT2D eigenvalue weighted by Gasteiger charge is 2.19. The number of primary sulfonamides is 1. The molecule has 144 valence electrons. The number of amides is 1. The highest BCUT2D eigenvalue weighted by molar-refractivity contribution is 7.89. The minimum atomic E-state index is -4.00. The monoisotopic (exact) mass is 410 g/mol. The van der Waals surface area contributed by atoms with Gasteiger partial charge in [-0.05, 0) is 30.7 Å². The first kappa shape index (κ1) is 20.9. The van der Waals surface area contributed by atoms with E-state index >= 15 is 0 Å². The largest absolute Gasteiger partial charge is 0.452 e. The van der Waals surface area contributed by atoms with E-state index in [1.165, 1.54) is 17.0 Å². The zero-order valence-corrected chi connectivity index (χ0v) is 16.2. The number of hydrogen-bond donors (Lipinski definition) is 1. The third kappa shape index (κ3) is 5.78. The summed E-state index contributed by atoms with van der Waals surface area (Å²) >= 11 is 5.92. The molecule has 0 saturated carbocycles. The van der Waals surface area contributed by atoms with Crippen LogP contribution in [0.25, 0.3) is 0 Å². The second-order valence-electron chi connectivity index (χ2n) is 5.66. The molecule has 2 aromatic carbocycles. The molecule has 2 N–H and O–H groups in total. The summed E-state index contributed by atoms with van der Waals surface area (Å²) in [4.78, 5) is 25.8. The van der Waals surface area contributed by atoms with Crippen LogP contribution in [0.2, 0.25) is 5.02 Å². The number of nitrogens with zero attached hydrogens (tertiary/aromatic N) is 1. The zero-order valence-electron chi connectivity index (χ0n) is 14.6. The normalized spacial score (nSPS) is 11.1. The molecule has 0 atom stereocenters. The van der Waals surface area contributed by atoms with Crippen LogP contribution in [0.3, 0.4) is 0 Å². The minimum Gasteiger partial charge on any atom is -0.452 e. The van der Waals surface area contributed by atoms with E-state index in [2.05, 4.69) is 0 Å². The molecule has 0 aliphatic carbocycles. The zero-order chi connectivity index (χ0) is 20.0. The van der Waals surface area contributed by atoms with Crippen LogP contribution in [0.4, 0.5) is 0 Å². The molecule has 0 heterocycles. The molecule has 2 aromatic rings. The average Bonchev–Trinajstić information content (AvgIpc) is 2.64. The fourth-order valence-electron chi connectivity index (χ4n) is 2.31. The highest BCUT2D eigenvalue weighted by atomic mass is 35.5. The van der Waals surface area contributed by atoms with Crippen LogP contribution in [0, 0.1) is 0 Å². The van der Waals surface area contributed by atoms with Crippen molar-refractivity contribution in [3.8, 4) is 0 Å². The van der Waals surface area contributed by atoms with E-state index in [9.17, 15) is 18.0 Å². The van der Waals surface area contributed by atoms with Crippen molar-refractivity contribution in [2.45, 2.75) is 18.4 Å². The summed E-state index contributed by atoms with van der Waals surface area (Å²) in [5, 5.41) is 5.04. The van der Waals surface area contributed by atoms with Crippen molar-refractivity contribution in [1.82, 2.24) is 4.90 Å². The second kappa shape index (κ2) is 8.98. The summed E-state index contributed by atoms with van der Waals surface area (Å²) in [6.45, 7) is 2.15. The second-order valence-corrected chi connectivity index (χ2v) is 7.62. The predicted octanol–water partition coefficient (Wildman–Crippen LogP) is 2.19. The molecule has 27 heavy (non-hydrogen) atoms. The van der Waals surface area contributed by atoms with Gasteiger partial charge in [-0.25, -0.2) is 18.4 Å². The minimum absolute atomic E-state index is 0.00326. The van der Waals surface area contributed by atoms with Gasteiger partial charge in [-0.2, -0.15) is 0 Å². The van der Waals surface area contributed by atoms with Gasteiger partial charge in [-0.15, -0.1) is 0 Å². The molecule has 0 fully saturated rings. The molecule has 0 bridgehead atoms. The number of sulfonamides is 1. The quantitative estimate of drug-likeness (QED) is 0.704. The van der Waals surface area contributed by atoms with E-state index in [4.69, 9.17) is 21.5 Å². The van der Waals surface area contributed by atoms with E-state index in [0.29, 0.717) is 13.1 Å². The number of ether oxygens (including phenoxy) is 1. The molecule has 0 saturated heterocycles. The maximum Gasteiger partial charge on any atom is 0.340 e. The summed E-state index contributed by atoms with van der Waals surface area (Å²) in [5.41, 5.74) is 0.769. The fourth-order valence-corrected chi connectivity index (χ4v) is 3.05. The van der Waals surface area contributed by atoms with Crippen LogP contribution >= 0.6 is 11.6 Å². The lowest BCUT2D eigenvalue weighted by Gasteiger charge is -2.21. The Bertz CT molecular complexity index is 932. The van der Waals surface area contributed by atoms with Crippen molar-refractivity contribution in [2.75, 3.05) is 13.2 Å². The Kier molecular flexibility index (Phi) is 6.95. The maximum absolute atomic E-state index is 12.3. The molecule has 0 unspecified atom stereocenters. The first-order chi connectivity index (χ1) is 12.7. The number of nitrogens with two attached hydrogens (primary N) is 1. The molecule has 1 amide bonds. The maximum atomic E-state index is 12.3. The Labute approximate surface area is 162 Å². The predicted molar refractivity (Wildman–Crippen MR) is 101 cm³/mol. The van der Waals surface area contributed by atoms with Crippen molar-refractivity contribution < 1.29 is 22.7 Å². The van der Waals surface area contributed by atoms with Gasteiger partial charge >= 0.3 is 5.97 Å². The lowest BCUT2D eigenvalue weighted by atomic mass is 10.2. The number of hydrogen-bond acceptors (Lipinski definition) is 5. The van der Waals surface area contributed by atoms with Gasteiger partial charge in [0.1, 0.15) is 0 Å². The number of esters is 1. The Morgan fingerprint density at radius 3 is 2.41 bits per heavy atom. The van der Waals surface area contributed by atoms with Crippen LogP contribution in [0.1, 0.15) is 22.8 Å². The summed E-state index contributed by atoms with van der Waals surface area (Å²) in [6.07, 6.45) is 0. The molecule has 0 radical (unpaired) electrons. The highest BCUT2D eigenvalue weighted by Crippen LogP contribution is 2.21. The van der Waals surface area contributed by atoms with Gasteiger partial charge in [-0.1, -0.05) is 41.9 Å². The number of carbonyl (C=O) groups excluding carboxylic acids is 2. The van der Waals surface area contributed by atoms with Gasteiger partial charge in [0, 0.05) is 13.1 Å². The Morgan fingerprint density at radius 1 is 1.15 bits per heavy atom. The van der Waals surface area contributed by atoms with E-state index in [-0.39, 0.29) is 21.4 Å². The van der Waals surface area contributed by atoms with Crippen molar-refractivity contribution in [3.05, 3.63) is 64.7 Å². The molecular formula is C18H19ClN2O5S. The van der Waals surface area contributed by atoms with Crippen molar-refractivity contribution in [2.24, 2.45) is 5.14 Å². The number of likely N-dealkylation sites (N-methyl/N-ethyl adjacent to an activating group) is 1. The first-order valence-electron chi connectivity index (χ1n) is 8.03. The van der Waals surface area contributed by atoms with Gasteiger partial charge < -0.3 is 9.64 Å². The van der Waals surface area contributed by atoms with Crippen molar-refractivity contribution in [1.29, 1.82) is 0 Å². The Morgan fingerprint density at radius 2 is 1.81 bits per heavy atom. The summed E-state index contributed by atoms with van der Waals surface area (Å²) in [7, 11) is -4.00. The van der Waals surface area contributed by atoms with E-state index in [1.54, 1.807) is 0 Å². The van der Waals surface area contributed by atoms with Crippen LogP contribution in [-0.2, 0) is 26.1 Å². The fraction of sp³-hybridized carbons (Fsp3) is 0.222. The molecule has 9 heteroatoms. The summed E-state index contributed by atoms with van der Waals surface area (Å²) < 4.78 is 27.8. The van der Waals surface area contributed by atoms with Crippen molar-refractivity contribution >= 4 is 33.5 Å². The van der Waals surface area contributed by atoms with Crippen LogP contribution in [-0.4, -0.2) is 38.3 Å². The number of rotatable bonds is 7. The smallest absolute Gasteiger partial charge is 0.340 e. The van der Waals surface area contributed by atoms with E-state index < -0.39 is 22.6 Å². The number of carbonyl (C=O) groups is 2. The Balaban J connectivity index is 2.05. The molecule has 2 rings (SSSR count). The average molecular weight is 411 g/mol. The summed E-state index contributed by atoms with van der Waals surface area (Å²) in [5.74, 6) is -1.29. The molecule has 0 spiro atoms. The van der Waals surface area contributed by atoms with Gasteiger partial charge in [0.25, 0.3) is 5.91 Å². The topological polar surface area (TPSA) is 107 Å². The van der Waals surface area contributed by atoms with Crippen LogP contribution in [0.5, 0.6) is 0 Å². The van der Waals surface area contributed by atoms with Crippen LogP contribution in [0.15, 0.2) is 53.4 Å². The van der Waals surface area contributed by atoms with E-state index in [1.807, 2.05) is 37.3 Å². The molecular weight excluding hydrogens is 392 g/mol. The molecule has 7 nitrogen and oxygen atoms in total. The molecule has 0 aliphatic heterocycles. The number of halogens is 1. The van der Waals surface area contributed by atoms with Gasteiger partial charge in [-0.3, -0.25) is 4.79 Å². The Hall–Kier alpha value is -2.42. The first-order valence-corrected chi connectivity index (χ1v) is 9.96. The molecule has 0 aromatic heterocycles. The molecule has 0 aliphatic rings. The number of benzene rings is 2. The van der Waals surface area contributed by atoms with Gasteiger partial charge in [0.2, 0.25) is 10.0 Å². The third-order valence-electron chi connectivity index (χ3n) is 3.76. The van der Waals surface area contributed by atoms with Gasteiger partial charge in [0.05, 0.1) is 15.5 Å². The lowest BCUT2D eigenvalue weighted by Crippen LogP contribution is -2.34. The third-order valence-corrected chi connectivity index (χ3v) is 5.00. The van der Waals surface area contributed by atoms with E-state index in [0.717, 1.165) is 11.6 Å². The summed E-state index contributed by atoms with van der Waals surface area (Å²) in [6, 6.07) is 12.8.